The number of carboxylic acids is 1. The molecule has 5 nitrogen and oxygen atoms in total. The summed E-state index contributed by atoms with van der Waals surface area (Å²) in [4.78, 5) is 23.7. The lowest BCUT2D eigenvalue weighted by molar-refractivity contribution is -0.143. The molecule has 0 spiro atoms. The molecular weight excluding hydrogens is 324 g/mol. The van der Waals surface area contributed by atoms with Crippen LogP contribution in [0.15, 0.2) is 23.1 Å². The van der Waals surface area contributed by atoms with Gasteiger partial charge in [0.05, 0.1) is 5.92 Å². The van der Waals surface area contributed by atoms with E-state index in [2.05, 4.69) is 16.1 Å². The second kappa shape index (κ2) is 8.03. The predicted octanol–water partition coefficient (Wildman–Crippen LogP) is 3.45. The average Bonchev–Trinajstić information content (AvgIpc) is 2.75. The fourth-order valence-electron chi connectivity index (χ4n) is 3.47. The second-order valence-corrected chi connectivity index (χ2v) is 7.69. The molecule has 0 aromatic heterocycles. The first-order chi connectivity index (χ1) is 11.6. The maximum Gasteiger partial charge on any atom is 0.306 e. The number of benzene rings is 1. The Balaban J connectivity index is 1.47. The number of amides is 1. The number of hydrogen-bond acceptors (Lipinski definition) is 4. The van der Waals surface area contributed by atoms with Crippen LogP contribution in [0.1, 0.15) is 44.1 Å². The molecule has 130 valence electrons. The van der Waals surface area contributed by atoms with E-state index < -0.39 is 5.97 Å². The third kappa shape index (κ3) is 4.51. The zero-order valence-electron chi connectivity index (χ0n) is 13.7. The highest BCUT2D eigenvalue weighted by Gasteiger charge is 2.25. The zero-order chi connectivity index (χ0) is 16.9. The maximum atomic E-state index is 11.6. The molecule has 1 amide bonds. The Kier molecular flexibility index (Phi) is 5.79. The normalized spacial score (nSPS) is 23.9. The van der Waals surface area contributed by atoms with Crippen molar-refractivity contribution in [2.24, 2.45) is 11.8 Å². The molecular formula is C18H24N2O3S. The van der Waals surface area contributed by atoms with E-state index in [1.165, 1.54) is 5.56 Å². The minimum Gasteiger partial charge on any atom is -0.481 e. The first-order valence-corrected chi connectivity index (χ1v) is 9.49. The molecule has 1 aliphatic carbocycles. The van der Waals surface area contributed by atoms with E-state index in [0.29, 0.717) is 12.3 Å². The van der Waals surface area contributed by atoms with Gasteiger partial charge in [-0.3, -0.25) is 14.3 Å². The van der Waals surface area contributed by atoms with Crippen molar-refractivity contribution >= 4 is 29.5 Å². The molecule has 0 saturated heterocycles. The molecule has 0 bridgehead atoms. The van der Waals surface area contributed by atoms with Crippen molar-refractivity contribution in [3.63, 3.8) is 0 Å². The van der Waals surface area contributed by atoms with Gasteiger partial charge in [-0.2, -0.15) is 0 Å². The van der Waals surface area contributed by atoms with Gasteiger partial charge < -0.3 is 10.4 Å². The van der Waals surface area contributed by atoms with E-state index in [1.807, 2.05) is 12.1 Å². The molecule has 1 aromatic rings. The van der Waals surface area contributed by atoms with Crippen LogP contribution in [-0.2, 0) is 16.0 Å². The number of nitrogens with one attached hydrogen (secondary N) is 2. The number of carboxylic acid groups (broad SMARTS) is 1. The first-order valence-electron chi connectivity index (χ1n) is 8.67. The average molecular weight is 348 g/mol. The SMILES string of the molecule is O=C1CCCc2cc(SNCC3CCC(C(=O)O)CC3)ccc2N1. The lowest BCUT2D eigenvalue weighted by atomic mass is 9.82. The number of anilines is 1. The van der Waals surface area contributed by atoms with Gasteiger partial charge in [-0.15, -0.1) is 0 Å². The largest absolute Gasteiger partial charge is 0.481 e. The predicted molar refractivity (Wildman–Crippen MR) is 95.0 cm³/mol. The Labute approximate surface area is 146 Å². The molecule has 1 aromatic carbocycles. The lowest BCUT2D eigenvalue weighted by Crippen LogP contribution is -2.26. The fraction of sp³-hybridized carbons (Fsp3) is 0.556. The Morgan fingerprint density at radius 3 is 2.79 bits per heavy atom. The zero-order valence-corrected chi connectivity index (χ0v) is 14.5. The second-order valence-electron chi connectivity index (χ2n) is 6.73. The number of rotatable bonds is 5. The summed E-state index contributed by atoms with van der Waals surface area (Å²) >= 11 is 1.62. The summed E-state index contributed by atoms with van der Waals surface area (Å²) in [6.45, 7) is 0.908. The summed E-state index contributed by atoms with van der Waals surface area (Å²) < 4.78 is 3.43. The number of fused-ring (bicyclic) bond motifs is 1. The minimum absolute atomic E-state index is 0.101. The number of aliphatic carboxylic acids is 1. The third-order valence-corrected chi connectivity index (χ3v) is 5.76. The van der Waals surface area contributed by atoms with Crippen molar-refractivity contribution in [1.29, 1.82) is 0 Å². The summed E-state index contributed by atoms with van der Waals surface area (Å²) in [5, 5.41) is 12.0. The van der Waals surface area contributed by atoms with Gasteiger partial charge in [-0.1, -0.05) is 0 Å². The Bertz CT molecular complexity index is 612. The van der Waals surface area contributed by atoms with E-state index in [0.717, 1.165) is 55.7 Å². The van der Waals surface area contributed by atoms with Gasteiger partial charge in [-0.25, -0.2) is 0 Å². The van der Waals surface area contributed by atoms with E-state index in [-0.39, 0.29) is 11.8 Å². The smallest absolute Gasteiger partial charge is 0.306 e. The van der Waals surface area contributed by atoms with Gasteiger partial charge in [0.15, 0.2) is 0 Å². The summed E-state index contributed by atoms with van der Waals surface area (Å²) in [5.41, 5.74) is 2.14. The Morgan fingerprint density at radius 1 is 1.25 bits per heavy atom. The molecule has 3 N–H and O–H groups in total. The molecule has 2 aliphatic rings. The van der Waals surface area contributed by atoms with Crippen molar-refractivity contribution in [3.05, 3.63) is 23.8 Å². The number of carbonyl (C=O) groups is 2. The van der Waals surface area contributed by atoms with Gasteiger partial charge in [0.1, 0.15) is 0 Å². The number of aryl methyl sites for hydroxylation is 1. The van der Waals surface area contributed by atoms with Gasteiger partial charge in [0, 0.05) is 23.5 Å². The molecule has 0 atom stereocenters. The molecule has 24 heavy (non-hydrogen) atoms. The highest BCUT2D eigenvalue weighted by molar-refractivity contribution is 7.97. The highest BCUT2D eigenvalue weighted by Crippen LogP contribution is 2.30. The van der Waals surface area contributed by atoms with Crippen LogP contribution in [0.5, 0.6) is 0 Å². The van der Waals surface area contributed by atoms with Gasteiger partial charge in [0.25, 0.3) is 0 Å². The van der Waals surface area contributed by atoms with Gasteiger partial charge >= 0.3 is 5.97 Å². The number of hydrogen-bond donors (Lipinski definition) is 3. The molecule has 1 heterocycles. The van der Waals surface area contributed by atoms with Crippen molar-refractivity contribution in [2.75, 3.05) is 11.9 Å². The molecule has 0 unspecified atom stereocenters. The maximum absolute atomic E-state index is 11.6. The molecule has 0 radical (unpaired) electrons. The van der Waals surface area contributed by atoms with Crippen LogP contribution >= 0.6 is 11.9 Å². The summed E-state index contributed by atoms with van der Waals surface area (Å²) in [7, 11) is 0. The van der Waals surface area contributed by atoms with E-state index >= 15 is 0 Å². The van der Waals surface area contributed by atoms with Crippen LogP contribution in [-0.4, -0.2) is 23.5 Å². The quantitative estimate of drug-likeness (QED) is 0.710. The molecule has 6 heteroatoms. The van der Waals surface area contributed by atoms with Gasteiger partial charge in [-0.05, 0) is 80.2 Å². The van der Waals surface area contributed by atoms with Crippen LogP contribution in [0.4, 0.5) is 5.69 Å². The molecule has 1 fully saturated rings. The van der Waals surface area contributed by atoms with Gasteiger partial charge in [0.2, 0.25) is 5.91 Å². The third-order valence-electron chi connectivity index (χ3n) is 4.96. The van der Waals surface area contributed by atoms with E-state index in [1.54, 1.807) is 11.9 Å². The van der Waals surface area contributed by atoms with Crippen molar-refractivity contribution in [2.45, 2.75) is 49.8 Å². The van der Waals surface area contributed by atoms with Crippen molar-refractivity contribution in [1.82, 2.24) is 4.72 Å². The van der Waals surface area contributed by atoms with Crippen LogP contribution in [0, 0.1) is 11.8 Å². The summed E-state index contributed by atoms with van der Waals surface area (Å²) in [6, 6.07) is 6.17. The summed E-state index contributed by atoms with van der Waals surface area (Å²) in [6.07, 6.45) is 5.99. The first kappa shape index (κ1) is 17.3. The highest BCUT2D eigenvalue weighted by atomic mass is 32.2. The van der Waals surface area contributed by atoms with E-state index in [4.69, 9.17) is 5.11 Å². The fourth-order valence-corrected chi connectivity index (χ4v) is 4.29. The van der Waals surface area contributed by atoms with Crippen LogP contribution in [0.3, 0.4) is 0 Å². The van der Waals surface area contributed by atoms with Crippen molar-refractivity contribution in [3.8, 4) is 0 Å². The lowest BCUT2D eigenvalue weighted by Gasteiger charge is -2.26. The summed E-state index contributed by atoms with van der Waals surface area (Å²) in [5.74, 6) is -0.126. The minimum atomic E-state index is -0.646. The van der Waals surface area contributed by atoms with Crippen LogP contribution in [0.25, 0.3) is 0 Å². The molecule has 1 aliphatic heterocycles. The standard InChI is InChI=1S/C18H24N2O3S/c21-17-3-1-2-14-10-15(8-9-16(14)20-17)24-19-11-12-4-6-13(7-5-12)18(22)23/h8-10,12-13,19H,1-7,11H2,(H,20,21)(H,22,23). The Hall–Kier alpha value is -1.53. The topological polar surface area (TPSA) is 78.4 Å². The van der Waals surface area contributed by atoms with Crippen LogP contribution in [0.2, 0.25) is 0 Å². The Morgan fingerprint density at radius 2 is 2.04 bits per heavy atom. The monoisotopic (exact) mass is 348 g/mol. The molecule has 3 rings (SSSR count). The number of carbonyl (C=O) groups excluding carboxylic acids is 1. The van der Waals surface area contributed by atoms with E-state index in [9.17, 15) is 9.59 Å². The van der Waals surface area contributed by atoms with Crippen molar-refractivity contribution < 1.29 is 14.7 Å². The van der Waals surface area contributed by atoms with Crippen LogP contribution < -0.4 is 10.0 Å². The molecule has 1 saturated carbocycles.